The van der Waals surface area contributed by atoms with Crippen molar-refractivity contribution in [3.8, 4) is 0 Å². The lowest BCUT2D eigenvalue weighted by atomic mass is 10.2. The van der Waals surface area contributed by atoms with E-state index < -0.39 is 0 Å². The molecule has 16 heavy (non-hydrogen) atoms. The van der Waals surface area contributed by atoms with Gasteiger partial charge in [-0.25, -0.2) is 4.98 Å². The molecule has 0 aliphatic heterocycles. The average Bonchev–Trinajstić information content (AvgIpc) is 2.80. The first-order valence-electron chi connectivity index (χ1n) is 6.07. The zero-order valence-corrected chi connectivity index (χ0v) is 9.89. The first kappa shape index (κ1) is 11.3. The first-order valence-corrected chi connectivity index (χ1v) is 6.07. The molecular weight excluding hydrogens is 200 g/mol. The summed E-state index contributed by atoms with van der Waals surface area (Å²) in [6.45, 7) is 3.57. The molecule has 1 aliphatic carbocycles. The van der Waals surface area contributed by atoms with Crippen LogP contribution in [0.4, 0.5) is 5.82 Å². The highest BCUT2D eigenvalue weighted by molar-refractivity contribution is 5.43. The number of anilines is 1. The summed E-state index contributed by atoms with van der Waals surface area (Å²) in [6, 6.07) is 0.610. The smallest absolute Gasteiger partial charge is 0.150 e. The molecule has 2 rings (SSSR count). The van der Waals surface area contributed by atoms with Gasteiger partial charge in [-0.2, -0.15) is 0 Å². The van der Waals surface area contributed by atoms with Crippen LogP contribution in [0, 0.1) is 6.92 Å². The van der Waals surface area contributed by atoms with Crippen molar-refractivity contribution in [1.29, 1.82) is 0 Å². The van der Waals surface area contributed by atoms with Crippen molar-refractivity contribution in [3.63, 3.8) is 0 Å². The fraction of sp³-hybridized carbons (Fsp3) is 0.667. The molecule has 1 aliphatic rings. The van der Waals surface area contributed by atoms with E-state index in [9.17, 15) is 0 Å². The molecule has 88 valence electrons. The monoisotopic (exact) mass is 220 g/mol. The molecule has 0 radical (unpaired) electrons. The summed E-state index contributed by atoms with van der Waals surface area (Å²) in [4.78, 5) is 11.1. The number of hydrogen-bond acceptors (Lipinski definition) is 4. The average molecular weight is 220 g/mol. The van der Waals surface area contributed by atoms with Crippen LogP contribution >= 0.6 is 0 Å². The number of aromatic nitrogens is 2. The van der Waals surface area contributed by atoms with E-state index in [1.165, 1.54) is 25.7 Å². The van der Waals surface area contributed by atoms with Crippen LogP contribution in [-0.4, -0.2) is 29.1 Å². The summed E-state index contributed by atoms with van der Waals surface area (Å²) in [5.41, 5.74) is 6.70. The largest absolute Gasteiger partial charge is 0.351 e. The predicted octanol–water partition coefficient (Wildman–Crippen LogP) is 1.49. The van der Waals surface area contributed by atoms with Gasteiger partial charge < -0.3 is 10.6 Å². The van der Waals surface area contributed by atoms with Crippen molar-refractivity contribution in [3.05, 3.63) is 18.1 Å². The van der Waals surface area contributed by atoms with Crippen molar-refractivity contribution < 1.29 is 0 Å². The number of rotatable bonds is 4. The van der Waals surface area contributed by atoms with E-state index in [1.54, 1.807) is 12.4 Å². The number of aryl methyl sites for hydroxylation is 1. The van der Waals surface area contributed by atoms with Gasteiger partial charge in [0, 0.05) is 31.5 Å². The Morgan fingerprint density at radius 1 is 1.31 bits per heavy atom. The lowest BCUT2D eigenvalue weighted by Crippen LogP contribution is -2.38. The van der Waals surface area contributed by atoms with E-state index in [2.05, 4.69) is 14.9 Å². The highest BCUT2D eigenvalue weighted by Gasteiger charge is 2.24. The normalized spacial score (nSPS) is 16.6. The van der Waals surface area contributed by atoms with Gasteiger partial charge in [-0.05, 0) is 19.8 Å². The second kappa shape index (κ2) is 5.25. The van der Waals surface area contributed by atoms with Crippen LogP contribution in [0.15, 0.2) is 12.4 Å². The van der Waals surface area contributed by atoms with Gasteiger partial charge in [0.05, 0.1) is 5.69 Å². The third-order valence-electron chi connectivity index (χ3n) is 3.26. The van der Waals surface area contributed by atoms with Gasteiger partial charge >= 0.3 is 0 Å². The Hall–Kier alpha value is -1.16. The standard InChI is InChI=1S/C12H20N4/c1-10-12(15-8-7-14-10)16(9-6-13)11-4-2-3-5-11/h7-8,11H,2-6,9,13H2,1H3. The summed E-state index contributed by atoms with van der Waals surface area (Å²) in [5, 5.41) is 0. The minimum atomic E-state index is 0.610. The van der Waals surface area contributed by atoms with E-state index in [0.717, 1.165) is 18.1 Å². The van der Waals surface area contributed by atoms with E-state index in [0.29, 0.717) is 12.6 Å². The maximum Gasteiger partial charge on any atom is 0.150 e. The van der Waals surface area contributed by atoms with Gasteiger partial charge in [-0.3, -0.25) is 4.98 Å². The fourth-order valence-corrected chi connectivity index (χ4v) is 2.50. The lowest BCUT2D eigenvalue weighted by molar-refractivity contribution is 0.599. The van der Waals surface area contributed by atoms with E-state index in [1.807, 2.05) is 6.92 Å². The Kier molecular flexibility index (Phi) is 3.72. The molecule has 0 bridgehead atoms. The van der Waals surface area contributed by atoms with Gasteiger partial charge in [-0.1, -0.05) is 12.8 Å². The maximum absolute atomic E-state index is 5.69. The third kappa shape index (κ3) is 2.32. The molecule has 4 heteroatoms. The van der Waals surface area contributed by atoms with Crippen LogP contribution in [0.5, 0.6) is 0 Å². The molecule has 1 heterocycles. The summed E-state index contributed by atoms with van der Waals surface area (Å²) in [5.74, 6) is 1.01. The lowest BCUT2D eigenvalue weighted by Gasteiger charge is -2.30. The Labute approximate surface area is 96.9 Å². The Morgan fingerprint density at radius 3 is 2.62 bits per heavy atom. The van der Waals surface area contributed by atoms with Gasteiger partial charge in [0.1, 0.15) is 5.82 Å². The molecule has 0 saturated heterocycles. The number of hydrogen-bond donors (Lipinski definition) is 1. The second-order valence-electron chi connectivity index (χ2n) is 4.39. The molecule has 0 spiro atoms. The summed E-state index contributed by atoms with van der Waals surface area (Å²) >= 11 is 0. The SMILES string of the molecule is Cc1nccnc1N(CCN)C1CCCC1. The third-order valence-corrected chi connectivity index (χ3v) is 3.26. The van der Waals surface area contributed by atoms with Crippen molar-refractivity contribution >= 4 is 5.82 Å². The van der Waals surface area contributed by atoms with E-state index in [-0.39, 0.29) is 0 Å². The Balaban J connectivity index is 2.21. The quantitative estimate of drug-likeness (QED) is 0.835. The van der Waals surface area contributed by atoms with Crippen molar-refractivity contribution in [2.75, 3.05) is 18.0 Å². The minimum Gasteiger partial charge on any atom is -0.351 e. The zero-order valence-electron chi connectivity index (χ0n) is 9.89. The predicted molar refractivity (Wildman–Crippen MR) is 65.4 cm³/mol. The van der Waals surface area contributed by atoms with Crippen molar-refractivity contribution in [1.82, 2.24) is 9.97 Å². The molecule has 0 unspecified atom stereocenters. The number of nitrogens with zero attached hydrogens (tertiary/aromatic N) is 3. The molecule has 0 amide bonds. The Morgan fingerprint density at radius 2 is 2.00 bits per heavy atom. The van der Waals surface area contributed by atoms with Crippen LogP contribution in [-0.2, 0) is 0 Å². The fourth-order valence-electron chi connectivity index (χ4n) is 2.50. The molecule has 2 N–H and O–H groups in total. The van der Waals surface area contributed by atoms with Crippen molar-refractivity contribution in [2.24, 2.45) is 5.73 Å². The van der Waals surface area contributed by atoms with Gasteiger partial charge in [0.25, 0.3) is 0 Å². The molecule has 1 aromatic rings. The summed E-state index contributed by atoms with van der Waals surface area (Å²) in [7, 11) is 0. The highest BCUT2D eigenvalue weighted by atomic mass is 15.2. The zero-order chi connectivity index (χ0) is 11.4. The topological polar surface area (TPSA) is 55.0 Å². The van der Waals surface area contributed by atoms with Crippen molar-refractivity contribution in [2.45, 2.75) is 38.6 Å². The molecule has 1 fully saturated rings. The van der Waals surface area contributed by atoms with Gasteiger partial charge in [-0.15, -0.1) is 0 Å². The van der Waals surface area contributed by atoms with Gasteiger partial charge in [0.15, 0.2) is 0 Å². The van der Waals surface area contributed by atoms with Gasteiger partial charge in [0.2, 0.25) is 0 Å². The molecule has 4 nitrogen and oxygen atoms in total. The van der Waals surface area contributed by atoms with Crippen LogP contribution in [0.2, 0.25) is 0 Å². The minimum absolute atomic E-state index is 0.610. The molecule has 1 aromatic heterocycles. The number of nitrogens with two attached hydrogens (primary N) is 1. The maximum atomic E-state index is 5.69. The van der Waals surface area contributed by atoms with Crippen LogP contribution in [0.3, 0.4) is 0 Å². The highest BCUT2D eigenvalue weighted by Crippen LogP contribution is 2.27. The van der Waals surface area contributed by atoms with E-state index in [4.69, 9.17) is 5.73 Å². The van der Waals surface area contributed by atoms with E-state index >= 15 is 0 Å². The van der Waals surface area contributed by atoms with Crippen LogP contribution < -0.4 is 10.6 Å². The summed E-state index contributed by atoms with van der Waals surface area (Å²) < 4.78 is 0. The van der Waals surface area contributed by atoms with Crippen LogP contribution in [0.1, 0.15) is 31.4 Å². The molecular formula is C12H20N4. The second-order valence-corrected chi connectivity index (χ2v) is 4.39. The first-order chi connectivity index (χ1) is 7.83. The molecule has 0 aromatic carbocycles. The molecule has 1 saturated carbocycles. The Bertz CT molecular complexity index is 334. The van der Waals surface area contributed by atoms with Crippen LogP contribution in [0.25, 0.3) is 0 Å². The molecule has 0 atom stereocenters. The summed E-state index contributed by atoms with van der Waals surface area (Å²) in [6.07, 6.45) is 8.68.